The predicted molar refractivity (Wildman–Crippen MR) is 113 cm³/mol. The van der Waals surface area contributed by atoms with E-state index in [0.29, 0.717) is 38.4 Å². The third kappa shape index (κ3) is 4.09. The normalized spacial score (nSPS) is 13.9. The van der Waals surface area contributed by atoms with Crippen LogP contribution in [0.15, 0.2) is 66.4 Å². The van der Waals surface area contributed by atoms with Gasteiger partial charge in [-0.05, 0) is 48.0 Å². The molecule has 3 aromatic carbocycles. The van der Waals surface area contributed by atoms with Crippen molar-refractivity contribution in [3.63, 3.8) is 0 Å². The number of allylic oxidation sites excluding steroid dienone is 1. The standard InChI is InChI=1S/C23H16Cl2O4/c1-27-15-5-2-4-14(10-15)11-22-23(26)17-9-8-16(12-21(17)29-22)28-13-18-19(24)6-3-7-20(18)25/h2-12H,13H2,1H3/b22-11-. The lowest BCUT2D eigenvalue weighted by Gasteiger charge is -2.10. The van der Waals surface area contributed by atoms with Crippen molar-refractivity contribution in [1.29, 1.82) is 0 Å². The second-order valence-electron chi connectivity index (χ2n) is 6.36. The maximum Gasteiger partial charge on any atom is 0.231 e. The molecular weight excluding hydrogens is 411 g/mol. The molecule has 0 radical (unpaired) electrons. The van der Waals surface area contributed by atoms with E-state index in [1.165, 1.54) is 0 Å². The first-order valence-corrected chi connectivity index (χ1v) is 9.59. The predicted octanol–water partition coefficient (Wildman–Crippen LogP) is 6.20. The summed E-state index contributed by atoms with van der Waals surface area (Å²) >= 11 is 12.4. The molecule has 1 heterocycles. The molecule has 1 aliphatic heterocycles. The Morgan fingerprint density at radius 2 is 1.72 bits per heavy atom. The molecule has 4 rings (SSSR count). The van der Waals surface area contributed by atoms with Crippen molar-refractivity contribution in [3.8, 4) is 17.2 Å². The van der Waals surface area contributed by atoms with E-state index in [2.05, 4.69) is 0 Å². The van der Waals surface area contributed by atoms with Crippen molar-refractivity contribution in [3.05, 3.63) is 93.2 Å². The molecule has 0 aliphatic carbocycles. The number of ketones is 1. The summed E-state index contributed by atoms with van der Waals surface area (Å²) in [5.41, 5.74) is 2.00. The number of Topliss-reactive ketones (excluding diaryl/α,β-unsaturated/α-hetero) is 1. The molecule has 146 valence electrons. The number of halogens is 2. The van der Waals surface area contributed by atoms with Crippen LogP contribution in [0, 0.1) is 0 Å². The Morgan fingerprint density at radius 1 is 0.966 bits per heavy atom. The monoisotopic (exact) mass is 426 g/mol. The highest BCUT2D eigenvalue weighted by molar-refractivity contribution is 6.35. The molecule has 0 saturated heterocycles. The average Bonchev–Trinajstić information content (AvgIpc) is 3.02. The van der Waals surface area contributed by atoms with Crippen LogP contribution in [0.2, 0.25) is 10.0 Å². The van der Waals surface area contributed by atoms with Gasteiger partial charge in [-0.2, -0.15) is 0 Å². The van der Waals surface area contributed by atoms with Gasteiger partial charge < -0.3 is 14.2 Å². The second-order valence-corrected chi connectivity index (χ2v) is 7.18. The highest BCUT2D eigenvalue weighted by Gasteiger charge is 2.27. The van der Waals surface area contributed by atoms with Gasteiger partial charge in [0.1, 0.15) is 23.9 Å². The molecule has 3 aromatic rings. The fourth-order valence-electron chi connectivity index (χ4n) is 2.97. The highest BCUT2D eigenvalue weighted by Crippen LogP contribution is 2.35. The molecule has 0 N–H and O–H groups in total. The molecule has 0 fully saturated rings. The molecule has 0 aromatic heterocycles. The SMILES string of the molecule is COc1cccc(/C=C2\Oc3cc(OCc4c(Cl)cccc4Cl)ccc3C2=O)c1. The van der Waals surface area contributed by atoms with Crippen LogP contribution in [0.1, 0.15) is 21.5 Å². The fourth-order valence-corrected chi connectivity index (χ4v) is 3.47. The lowest BCUT2D eigenvalue weighted by Crippen LogP contribution is -1.98. The minimum atomic E-state index is -0.177. The molecule has 29 heavy (non-hydrogen) atoms. The molecule has 0 spiro atoms. The van der Waals surface area contributed by atoms with Gasteiger partial charge in [0.15, 0.2) is 5.76 Å². The van der Waals surface area contributed by atoms with E-state index < -0.39 is 0 Å². The molecular formula is C23H16Cl2O4. The molecule has 4 nitrogen and oxygen atoms in total. The lowest BCUT2D eigenvalue weighted by molar-refractivity contribution is 0.101. The minimum absolute atomic E-state index is 0.177. The van der Waals surface area contributed by atoms with E-state index in [1.54, 1.807) is 49.6 Å². The number of methoxy groups -OCH3 is 1. The smallest absolute Gasteiger partial charge is 0.231 e. The Hall–Kier alpha value is -2.95. The van der Waals surface area contributed by atoms with Crippen LogP contribution in [-0.4, -0.2) is 12.9 Å². The van der Waals surface area contributed by atoms with Gasteiger partial charge in [0.05, 0.1) is 12.7 Å². The Labute approximate surface area is 178 Å². The van der Waals surface area contributed by atoms with Crippen LogP contribution in [0.3, 0.4) is 0 Å². The summed E-state index contributed by atoms with van der Waals surface area (Å²) in [6.45, 7) is 0.206. The maximum absolute atomic E-state index is 12.6. The van der Waals surface area contributed by atoms with E-state index in [0.717, 1.165) is 5.56 Å². The zero-order chi connectivity index (χ0) is 20.4. The van der Waals surface area contributed by atoms with E-state index in [-0.39, 0.29) is 18.1 Å². The zero-order valence-electron chi connectivity index (χ0n) is 15.4. The van der Waals surface area contributed by atoms with Crippen LogP contribution < -0.4 is 14.2 Å². The number of benzene rings is 3. The first-order chi connectivity index (χ1) is 14.0. The van der Waals surface area contributed by atoms with Gasteiger partial charge in [-0.1, -0.05) is 41.4 Å². The van der Waals surface area contributed by atoms with Crippen molar-refractivity contribution >= 4 is 35.1 Å². The largest absolute Gasteiger partial charge is 0.497 e. The first-order valence-electron chi connectivity index (χ1n) is 8.83. The van der Waals surface area contributed by atoms with E-state index >= 15 is 0 Å². The van der Waals surface area contributed by atoms with Crippen molar-refractivity contribution in [2.24, 2.45) is 0 Å². The van der Waals surface area contributed by atoms with Gasteiger partial charge in [0, 0.05) is 21.7 Å². The summed E-state index contributed by atoms with van der Waals surface area (Å²) in [6, 6.07) is 17.8. The summed E-state index contributed by atoms with van der Waals surface area (Å²) in [5, 5.41) is 1.07. The van der Waals surface area contributed by atoms with E-state index in [9.17, 15) is 4.79 Å². The van der Waals surface area contributed by atoms with Gasteiger partial charge in [-0.3, -0.25) is 4.79 Å². The van der Waals surface area contributed by atoms with Gasteiger partial charge in [0.2, 0.25) is 5.78 Å². The van der Waals surface area contributed by atoms with Gasteiger partial charge in [0.25, 0.3) is 0 Å². The molecule has 0 saturated carbocycles. The number of carbonyl (C=O) groups is 1. The quantitative estimate of drug-likeness (QED) is 0.455. The zero-order valence-corrected chi connectivity index (χ0v) is 17.0. The Balaban J connectivity index is 1.53. The number of ether oxygens (including phenoxy) is 3. The summed E-state index contributed by atoms with van der Waals surface area (Å²) in [5.74, 6) is 1.78. The third-order valence-electron chi connectivity index (χ3n) is 4.48. The molecule has 0 bridgehead atoms. The molecule has 0 atom stereocenters. The number of carbonyl (C=O) groups excluding carboxylic acids is 1. The maximum atomic E-state index is 12.6. The molecule has 1 aliphatic rings. The third-order valence-corrected chi connectivity index (χ3v) is 5.19. The topological polar surface area (TPSA) is 44.8 Å². The van der Waals surface area contributed by atoms with Crippen LogP contribution in [-0.2, 0) is 6.61 Å². The van der Waals surface area contributed by atoms with Crippen molar-refractivity contribution in [2.75, 3.05) is 7.11 Å². The minimum Gasteiger partial charge on any atom is -0.497 e. The number of rotatable bonds is 5. The second kappa shape index (κ2) is 8.19. The summed E-state index contributed by atoms with van der Waals surface area (Å²) in [4.78, 5) is 12.6. The van der Waals surface area contributed by atoms with E-state index in [4.69, 9.17) is 37.4 Å². The summed E-state index contributed by atoms with van der Waals surface area (Å²) in [6.07, 6.45) is 1.69. The first kappa shape index (κ1) is 19.4. The molecule has 0 unspecified atom stereocenters. The fraction of sp³-hybridized carbons (Fsp3) is 0.0870. The van der Waals surface area contributed by atoms with Gasteiger partial charge >= 0.3 is 0 Å². The molecule has 6 heteroatoms. The van der Waals surface area contributed by atoms with Crippen LogP contribution >= 0.6 is 23.2 Å². The van der Waals surface area contributed by atoms with Crippen LogP contribution in [0.5, 0.6) is 17.2 Å². The van der Waals surface area contributed by atoms with Crippen LogP contribution in [0.4, 0.5) is 0 Å². The summed E-state index contributed by atoms with van der Waals surface area (Å²) < 4.78 is 16.8. The Kier molecular flexibility index (Phi) is 5.47. The molecule has 0 amide bonds. The van der Waals surface area contributed by atoms with E-state index in [1.807, 2.05) is 24.3 Å². The number of fused-ring (bicyclic) bond motifs is 1. The number of hydrogen-bond acceptors (Lipinski definition) is 4. The van der Waals surface area contributed by atoms with Crippen LogP contribution in [0.25, 0.3) is 6.08 Å². The lowest BCUT2D eigenvalue weighted by atomic mass is 10.1. The Bertz CT molecular complexity index is 1100. The average molecular weight is 427 g/mol. The van der Waals surface area contributed by atoms with Crippen molar-refractivity contribution in [2.45, 2.75) is 6.61 Å². The van der Waals surface area contributed by atoms with Gasteiger partial charge in [-0.25, -0.2) is 0 Å². The number of hydrogen-bond donors (Lipinski definition) is 0. The van der Waals surface area contributed by atoms with Crippen molar-refractivity contribution < 1.29 is 19.0 Å². The highest BCUT2D eigenvalue weighted by atomic mass is 35.5. The van der Waals surface area contributed by atoms with Gasteiger partial charge in [-0.15, -0.1) is 0 Å². The Morgan fingerprint density at radius 3 is 2.48 bits per heavy atom. The summed E-state index contributed by atoms with van der Waals surface area (Å²) in [7, 11) is 1.59. The van der Waals surface area contributed by atoms with Crippen molar-refractivity contribution in [1.82, 2.24) is 0 Å².